The topological polar surface area (TPSA) is 104 Å². The molecule has 3 rings (SSSR count). The third-order valence-electron chi connectivity index (χ3n) is 5.59. The third kappa shape index (κ3) is 5.49. The van der Waals surface area contributed by atoms with Crippen molar-refractivity contribution in [2.45, 2.75) is 50.6 Å². The molecule has 0 bridgehead atoms. The van der Waals surface area contributed by atoms with E-state index in [1.54, 1.807) is 0 Å². The van der Waals surface area contributed by atoms with Gasteiger partial charge >= 0.3 is 0 Å². The average Bonchev–Trinajstić information content (AvgIpc) is 3.09. The van der Waals surface area contributed by atoms with E-state index in [4.69, 9.17) is 0 Å². The molecule has 8 nitrogen and oxygen atoms in total. The van der Waals surface area contributed by atoms with Crippen LogP contribution in [0.15, 0.2) is 24.3 Å². The molecule has 2 fully saturated rings. The molecule has 0 spiro atoms. The van der Waals surface area contributed by atoms with Gasteiger partial charge in [-0.3, -0.25) is 9.69 Å². The van der Waals surface area contributed by atoms with E-state index in [2.05, 4.69) is 10.2 Å². The van der Waals surface area contributed by atoms with E-state index >= 15 is 0 Å². The monoisotopic (exact) mass is 443 g/mol. The van der Waals surface area contributed by atoms with E-state index in [0.29, 0.717) is 15.3 Å². The number of likely N-dealkylation sites (tertiary alicyclic amines) is 1. The van der Waals surface area contributed by atoms with Gasteiger partial charge in [0.2, 0.25) is 20.0 Å². The summed E-state index contributed by atoms with van der Waals surface area (Å²) in [5.41, 5.74) is 0.350. The fourth-order valence-electron chi connectivity index (χ4n) is 4.32. The van der Waals surface area contributed by atoms with Gasteiger partial charge in [-0.2, -0.15) is 3.71 Å². The van der Waals surface area contributed by atoms with Gasteiger partial charge in [0, 0.05) is 30.7 Å². The fraction of sp³-hybridized carbons (Fsp3) is 0.632. The summed E-state index contributed by atoms with van der Waals surface area (Å²) >= 11 is 0. The number of hydrogen-bond acceptors (Lipinski definition) is 6. The van der Waals surface area contributed by atoms with E-state index < -0.39 is 20.0 Å². The van der Waals surface area contributed by atoms with Crippen LogP contribution in [0.4, 0.5) is 5.69 Å². The lowest BCUT2D eigenvalue weighted by Crippen LogP contribution is -2.40. The Morgan fingerprint density at radius 1 is 0.966 bits per heavy atom. The number of amides is 1. The second-order valence-electron chi connectivity index (χ2n) is 8.02. The first kappa shape index (κ1) is 22.0. The van der Waals surface area contributed by atoms with Crippen LogP contribution in [0.3, 0.4) is 0 Å². The molecule has 1 heterocycles. The van der Waals surface area contributed by atoms with E-state index in [9.17, 15) is 21.6 Å². The maximum absolute atomic E-state index is 12.6. The Morgan fingerprint density at radius 3 is 2.10 bits per heavy atom. The lowest BCUT2D eigenvalue weighted by molar-refractivity contribution is 0.0934. The molecule has 1 amide bonds. The zero-order chi connectivity index (χ0) is 21.2. The summed E-state index contributed by atoms with van der Waals surface area (Å²) in [6.45, 7) is 1.84. The van der Waals surface area contributed by atoms with Crippen molar-refractivity contribution >= 4 is 31.6 Å². The molecular formula is C19H29N3O5S2. The molecule has 29 heavy (non-hydrogen) atoms. The summed E-state index contributed by atoms with van der Waals surface area (Å²) in [7, 11) is -8.01. The van der Waals surface area contributed by atoms with Gasteiger partial charge in [0.25, 0.3) is 5.91 Å². The molecule has 1 aromatic carbocycles. The molecule has 1 N–H and O–H groups in total. The van der Waals surface area contributed by atoms with Crippen LogP contribution >= 0.6 is 0 Å². The molecule has 1 aliphatic heterocycles. The van der Waals surface area contributed by atoms with Gasteiger partial charge in [-0.1, -0.05) is 19.3 Å². The number of carbonyl (C=O) groups is 1. The van der Waals surface area contributed by atoms with Crippen molar-refractivity contribution in [1.29, 1.82) is 0 Å². The molecule has 2 aliphatic rings. The Morgan fingerprint density at radius 2 is 1.55 bits per heavy atom. The number of hydrogen-bond donors (Lipinski definition) is 1. The lowest BCUT2D eigenvalue weighted by Gasteiger charge is -2.31. The zero-order valence-electron chi connectivity index (χ0n) is 16.9. The predicted octanol–water partition coefficient (Wildman–Crippen LogP) is 1.55. The van der Waals surface area contributed by atoms with Crippen LogP contribution < -0.4 is 9.03 Å². The van der Waals surface area contributed by atoms with Crippen LogP contribution in [0.25, 0.3) is 0 Å². The highest BCUT2D eigenvalue weighted by atomic mass is 32.3. The van der Waals surface area contributed by atoms with E-state index in [1.807, 2.05) is 0 Å². The van der Waals surface area contributed by atoms with Gasteiger partial charge in [0.1, 0.15) is 0 Å². The second-order valence-corrected chi connectivity index (χ2v) is 11.9. The lowest BCUT2D eigenvalue weighted by atomic mass is 9.94. The molecule has 1 saturated heterocycles. The Bertz CT molecular complexity index is 907. The number of benzene rings is 1. The minimum absolute atomic E-state index is 0.0177. The predicted molar refractivity (Wildman–Crippen MR) is 113 cm³/mol. The molecular weight excluding hydrogens is 414 g/mol. The number of carbonyl (C=O) groups excluding carboxylic acids is 1. The highest BCUT2D eigenvalue weighted by molar-refractivity contribution is 8.09. The van der Waals surface area contributed by atoms with Crippen molar-refractivity contribution in [1.82, 2.24) is 10.2 Å². The summed E-state index contributed by atoms with van der Waals surface area (Å²) in [5.74, 6) is -0.239. The Labute approximate surface area is 173 Å². The molecule has 0 aromatic heterocycles. The Hall–Kier alpha value is -1.65. The highest BCUT2D eigenvalue weighted by Gasteiger charge is 2.30. The van der Waals surface area contributed by atoms with Gasteiger partial charge in [-0.05, 0) is 43.5 Å². The van der Waals surface area contributed by atoms with Crippen molar-refractivity contribution in [3.05, 3.63) is 29.8 Å². The van der Waals surface area contributed by atoms with Crippen molar-refractivity contribution in [2.24, 2.45) is 0 Å². The average molecular weight is 444 g/mol. The zero-order valence-corrected chi connectivity index (χ0v) is 18.5. The smallest absolute Gasteiger partial charge is 0.251 e. The van der Waals surface area contributed by atoms with Gasteiger partial charge in [0.15, 0.2) is 0 Å². The van der Waals surface area contributed by atoms with E-state index in [1.165, 1.54) is 56.4 Å². The van der Waals surface area contributed by atoms with Crippen LogP contribution in [0, 0.1) is 0 Å². The van der Waals surface area contributed by atoms with Crippen molar-refractivity contribution in [3.63, 3.8) is 0 Å². The normalized spacial score (nSPS) is 21.8. The van der Waals surface area contributed by atoms with Gasteiger partial charge < -0.3 is 5.32 Å². The van der Waals surface area contributed by atoms with Crippen LogP contribution in [-0.2, 0) is 20.0 Å². The van der Waals surface area contributed by atoms with Crippen molar-refractivity contribution in [3.8, 4) is 0 Å². The molecule has 0 radical (unpaired) electrons. The first-order valence-electron chi connectivity index (χ1n) is 9.91. The number of nitrogens with one attached hydrogen (secondary N) is 1. The number of anilines is 1. The summed E-state index contributed by atoms with van der Waals surface area (Å²) in [6, 6.07) is 6.28. The molecule has 10 heteroatoms. The second kappa shape index (κ2) is 8.61. The van der Waals surface area contributed by atoms with Crippen LogP contribution in [0.5, 0.6) is 0 Å². The Kier molecular flexibility index (Phi) is 6.54. The molecule has 162 valence electrons. The highest BCUT2D eigenvalue weighted by Crippen LogP contribution is 2.26. The first-order valence-corrected chi connectivity index (χ1v) is 13.6. The first-order chi connectivity index (χ1) is 13.6. The minimum atomic E-state index is -4.01. The standard InChI is InChI=1S/C19H29N3O5S2/c1-28(24,25)22(29(2,26)27)18-10-8-15(9-11-18)19(23)20-16-12-13-21(14-16)17-6-4-3-5-7-17/h8-11,16-17H,3-7,12-14H2,1-2H3,(H,20,23). The Balaban J connectivity index is 1.63. The number of sulfonamides is 2. The maximum Gasteiger partial charge on any atom is 0.251 e. The van der Waals surface area contributed by atoms with Crippen LogP contribution in [0.1, 0.15) is 48.9 Å². The summed E-state index contributed by atoms with van der Waals surface area (Å²) in [6.07, 6.45) is 8.91. The maximum atomic E-state index is 12.6. The summed E-state index contributed by atoms with van der Waals surface area (Å²) in [4.78, 5) is 15.1. The van der Waals surface area contributed by atoms with Crippen LogP contribution in [-0.4, -0.2) is 65.3 Å². The van der Waals surface area contributed by atoms with Gasteiger partial charge in [0.05, 0.1) is 18.2 Å². The quantitative estimate of drug-likeness (QED) is 0.715. The third-order valence-corrected chi connectivity index (χ3v) is 8.84. The van der Waals surface area contributed by atoms with E-state index in [0.717, 1.165) is 32.0 Å². The van der Waals surface area contributed by atoms with Crippen molar-refractivity contribution < 1.29 is 21.6 Å². The summed E-state index contributed by atoms with van der Waals surface area (Å²) in [5, 5.41) is 3.04. The number of rotatable bonds is 6. The molecule has 1 aliphatic carbocycles. The van der Waals surface area contributed by atoms with E-state index in [-0.39, 0.29) is 17.6 Å². The SMILES string of the molecule is CS(=O)(=O)N(c1ccc(C(=O)NC2CCN(C3CCCCC3)C2)cc1)S(C)(=O)=O. The molecule has 1 aromatic rings. The number of nitrogens with zero attached hydrogens (tertiary/aromatic N) is 2. The fourth-order valence-corrected chi connectivity index (χ4v) is 7.29. The minimum Gasteiger partial charge on any atom is -0.348 e. The molecule has 1 atom stereocenters. The molecule has 1 unspecified atom stereocenters. The van der Waals surface area contributed by atoms with Gasteiger partial charge in [-0.15, -0.1) is 0 Å². The van der Waals surface area contributed by atoms with Crippen molar-refractivity contribution in [2.75, 3.05) is 29.3 Å². The van der Waals surface area contributed by atoms with Gasteiger partial charge in [-0.25, -0.2) is 16.8 Å². The summed E-state index contributed by atoms with van der Waals surface area (Å²) < 4.78 is 47.8. The van der Waals surface area contributed by atoms with Crippen LogP contribution in [0.2, 0.25) is 0 Å². The largest absolute Gasteiger partial charge is 0.348 e. The molecule has 1 saturated carbocycles.